The minimum absolute atomic E-state index is 0.0345. The van der Waals surface area contributed by atoms with E-state index in [0.29, 0.717) is 45.8 Å². The summed E-state index contributed by atoms with van der Waals surface area (Å²) in [6.45, 7) is 10.0. The Labute approximate surface area is 144 Å². The van der Waals surface area contributed by atoms with E-state index in [1.165, 1.54) is 0 Å². The van der Waals surface area contributed by atoms with Gasteiger partial charge in [-0.05, 0) is 33.6 Å². The second-order valence-electron chi connectivity index (χ2n) is 7.46. The Kier molecular flexibility index (Phi) is 6.97. The monoisotopic (exact) mass is 341 g/mol. The van der Waals surface area contributed by atoms with Gasteiger partial charge in [-0.25, -0.2) is 4.79 Å². The lowest BCUT2D eigenvalue weighted by Gasteiger charge is -2.34. The molecule has 0 aromatic carbocycles. The van der Waals surface area contributed by atoms with Crippen LogP contribution in [0.2, 0.25) is 0 Å². The van der Waals surface area contributed by atoms with Gasteiger partial charge < -0.3 is 9.64 Å². The van der Waals surface area contributed by atoms with Crippen LogP contribution in [0.4, 0.5) is 4.79 Å². The number of ketones is 1. The molecule has 0 unspecified atom stereocenters. The summed E-state index contributed by atoms with van der Waals surface area (Å²) in [5.74, 6) is 0.295. The molecule has 2 rings (SSSR count). The molecule has 2 fully saturated rings. The van der Waals surface area contributed by atoms with Crippen molar-refractivity contribution in [2.75, 3.05) is 46.3 Å². The van der Waals surface area contributed by atoms with Gasteiger partial charge in [-0.1, -0.05) is 0 Å². The quantitative estimate of drug-likeness (QED) is 0.672. The molecule has 24 heavy (non-hydrogen) atoms. The van der Waals surface area contributed by atoms with Crippen molar-refractivity contribution in [2.24, 2.45) is 5.92 Å². The molecular weight excluding hydrogens is 310 g/mol. The third kappa shape index (κ3) is 6.35. The lowest BCUT2D eigenvalue weighted by molar-refractivity contribution is -0.125. The van der Waals surface area contributed by atoms with Crippen molar-refractivity contribution >= 4 is 11.9 Å². The maximum Gasteiger partial charge on any atom is 0.410 e. The average Bonchev–Trinajstić information content (AvgIpc) is 2.48. The molecule has 0 saturated carbocycles. The molecular formula is C16H31N5O3. The maximum atomic E-state index is 12.5. The van der Waals surface area contributed by atoms with E-state index >= 15 is 0 Å². The standard InChI is InChI=1S/C16H31N5O3/c1-16(2,3)24-15(23)21-6-4-13(5-7-21)14(22)8-20-11-18-9-17-10-19-12-20/h13,17-19H,4-12H2,1-3H3. The highest BCUT2D eigenvalue weighted by Crippen LogP contribution is 2.20. The number of piperidine rings is 1. The molecule has 0 spiro atoms. The molecule has 2 saturated heterocycles. The molecule has 0 atom stereocenters. The van der Waals surface area contributed by atoms with Gasteiger partial charge in [-0.15, -0.1) is 0 Å². The zero-order valence-corrected chi connectivity index (χ0v) is 15.1. The van der Waals surface area contributed by atoms with E-state index in [2.05, 4.69) is 20.9 Å². The number of nitrogens with one attached hydrogen (secondary N) is 3. The highest BCUT2D eigenvalue weighted by molar-refractivity contribution is 5.83. The van der Waals surface area contributed by atoms with Gasteiger partial charge in [0.15, 0.2) is 0 Å². The van der Waals surface area contributed by atoms with Gasteiger partial charge in [-0.3, -0.25) is 25.6 Å². The summed E-state index contributed by atoms with van der Waals surface area (Å²) in [5.41, 5.74) is -0.482. The molecule has 1 amide bonds. The van der Waals surface area contributed by atoms with Crippen LogP contribution < -0.4 is 16.0 Å². The molecule has 2 aliphatic heterocycles. The number of carbonyl (C=O) groups excluding carboxylic acids is 2. The van der Waals surface area contributed by atoms with Gasteiger partial charge in [0.25, 0.3) is 0 Å². The summed E-state index contributed by atoms with van der Waals surface area (Å²) in [6, 6.07) is 0. The molecule has 0 radical (unpaired) electrons. The zero-order valence-electron chi connectivity index (χ0n) is 15.1. The van der Waals surface area contributed by atoms with Crippen LogP contribution in [0, 0.1) is 5.92 Å². The van der Waals surface area contributed by atoms with Crippen LogP contribution in [0.15, 0.2) is 0 Å². The normalized spacial score (nSPS) is 21.9. The molecule has 8 nitrogen and oxygen atoms in total. The van der Waals surface area contributed by atoms with Crippen LogP contribution >= 0.6 is 0 Å². The van der Waals surface area contributed by atoms with Gasteiger partial charge in [0.2, 0.25) is 0 Å². The number of rotatable bonds is 3. The molecule has 3 N–H and O–H groups in total. The molecule has 0 aromatic rings. The first-order valence-electron chi connectivity index (χ1n) is 8.70. The summed E-state index contributed by atoms with van der Waals surface area (Å²) >= 11 is 0. The van der Waals surface area contributed by atoms with Gasteiger partial charge in [-0.2, -0.15) is 0 Å². The van der Waals surface area contributed by atoms with E-state index in [1.54, 1.807) is 4.90 Å². The first-order chi connectivity index (χ1) is 11.3. The Bertz CT molecular complexity index is 422. The van der Waals surface area contributed by atoms with Crippen molar-refractivity contribution in [3.05, 3.63) is 0 Å². The maximum absolute atomic E-state index is 12.5. The largest absolute Gasteiger partial charge is 0.444 e. The molecule has 2 aliphatic rings. The second-order valence-corrected chi connectivity index (χ2v) is 7.46. The third-order valence-corrected chi connectivity index (χ3v) is 4.15. The average molecular weight is 341 g/mol. The fraction of sp³-hybridized carbons (Fsp3) is 0.875. The van der Waals surface area contributed by atoms with Gasteiger partial charge in [0, 0.05) is 32.3 Å². The Hall–Kier alpha value is -1.22. The summed E-state index contributed by atoms with van der Waals surface area (Å²) in [6.07, 6.45) is 1.15. The van der Waals surface area contributed by atoms with Crippen LogP contribution in [0.5, 0.6) is 0 Å². The molecule has 2 heterocycles. The van der Waals surface area contributed by atoms with Crippen molar-refractivity contribution in [3.8, 4) is 0 Å². The van der Waals surface area contributed by atoms with Crippen molar-refractivity contribution in [1.82, 2.24) is 25.8 Å². The number of likely N-dealkylation sites (tertiary alicyclic amines) is 1. The number of amides is 1. The predicted octanol–water partition coefficient (Wildman–Crippen LogP) is 0.117. The summed E-state index contributed by atoms with van der Waals surface area (Å²) in [5, 5.41) is 9.66. The van der Waals surface area contributed by atoms with Crippen LogP contribution in [0.1, 0.15) is 33.6 Å². The Balaban J connectivity index is 1.74. The van der Waals surface area contributed by atoms with Crippen LogP contribution in [0.25, 0.3) is 0 Å². The minimum atomic E-state index is -0.482. The lowest BCUT2D eigenvalue weighted by atomic mass is 9.92. The molecule has 8 heteroatoms. The SMILES string of the molecule is CC(C)(C)OC(=O)N1CCC(C(=O)CN2CNCNCNC2)CC1. The summed E-state index contributed by atoms with van der Waals surface area (Å²) in [4.78, 5) is 28.4. The van der Waals surface area contributed by atoms with Crippen molar-refractivity contribution < 1.29 is 14.3 Å². The first-order valence-corrected chi connectivity index (χ1v) is 8.70. The number of ether oxygens (including phenoxy) is 1. The minimum Gasteiger partial charge on any atom is -0.444 e. The Morgan fingerprint density at radius 1 is 1.04 bits per heavy atom. The van der Waals surface area contributed by atoms with E-state index in [-0.39, 0.29) is 17.8 Å². The van der Waals surface area contributed by atoms with Gasteiger partial charge in [0.05, 0.1) is 19.9 Å². The fourth-order valence-corrected chi connectivity index (χ4v) is 2.90. The van der Waals surface area contributed by atoms with Crippen molar-refractivity contribution in [1.29, 1.82) is 0 Å². The number of hydrogen-bond donors (Lipinski definition) is 3. The predicted molar refractivity (Wildman–Crippen MR) is 91.1 cm³/mol. The van der Waals surface area contributed by atoms with E-state index in [1.807, 2.05) is 20.8 Å². The Morgan fingerprint density at radius 3 is 2.17 bits per heavy atom. The fourth-order valence-electron chi connectivity index (χ4n) is 2.90. The highest BCUT2D eigenvalue weighted by atomic mass is 16.6. The number of carbonyl (C=O) groups is 2. The van der Waals surface area contributed by atoms with E-state index in [4.69, 9.17) is 4.74 Å². The zero-order chi connectivity index (χ0) is 17.6. The van der Waals surface area contributed by atoms with E-state index in [9.17, 15) is 9.59 Å². The first kappa shape index (κ1) is 19.1. The number of nitrogens with zero attached hydrogens (tertiary/aromatic N) is 2. The molecule has 0 aliphatic carbocycles. The van der Waals surface area contributed by atoms with Crippen LogP contribution in [0.3, 0.4) is 0 Å². The van der Waals surface area contributed by atoms with Gasteiger partial charge >= 0.3 is 6.09 Å². The lowest BCUT2D eigenvalue weighted by Crippen LogP contribution is -2.52. The van der Waals surface area contributed by atoms with Gasteiger partial charge in [0.1, 0.15) is 11.4 Å². The molecule has 138 valence electrons. The third-order valence-electron chi connectivity index (χ3n) is 4.15. The number of Topliss-reactive ketones (excluding diaryl/α,β-unsaturated/α-hetero) is 1. The smallest absolute Gasteiger partial charge is 0.410 e. The van der Waals surface area contributed by atoms with E-state index < -0.39 is 5.60 Å². The summed E-state index contributed by atoms with van der Waals surface area (Å²) < 4.78 is 5.39. The van der Waals surface area contributed by atoms with Crippen molar-refractivity contribution in [2.45, 2.75) is 39.2 Å². The van der Waals surface area contributed by atoms with Crippen LogP contribution in [-0.2, 0) is 9.53 Å². The van der Waals surface area contributed by atoms with Crippen molar-refractivity contribution in [3.63, 3.8) is 0 Å². The number of hydrogen-bond acceptors (Lipinski definition) is 7. The highest BCUT2D eigenvalue weighted by Gasteiger charge is 2.30. The topological polar surface area (TPSA) is 85.9 Å². The molecule has 0 bridgehead atoms. The van der Waals surface area contributed by atoms with Crippen LogP contribution in [-0.4, -0.2) is 73.6 Å². The second kappa shape index (κ2) is 8.75. The molecule has 0 aromatic heterocycles. The Morgan fingerprint density at radius 2 is 1.62 bits per heavy atom. The summed E-state index contributed by atoms with van der Waals surface area (Å²) in [7, 11) is 0. The van der Waals surface area contributed by atoms with E-state index in [0.717, 1.165) is 13.3 Å².